The predicted molar refractivity (Wildman–Crippen MR) is 144 cm³/mol. The summed E-state index contributed by atoms with van der Waals surface area (Å²) in [6.07, 6.45) is 0. The van der Waals surface area contributed by atoms with Gasteiger partial charge in [-0.2, -0.15) is 5.26 Å². The van der Waals surface area contributed by atoms with E-state index in [0.717, 1.165) is 44.5 Å². The molecule has 0 atom stereocenters. The third-order valence-corrected chi connectivity index (χ3v) is 6.35. The molecule has 1 saturated heterocycles. The number of amidine groups is 1. The number of aromatic nitrogens is 1. The Labute approximate surface area is 214 Å². The zero-order valence-electron chi connectivity index (χ0n) is 21.1. The van der Waals surface area contributed by atoms with Crippen LogP contribution in [-0.4, -0.2) is 62.2 Å². The number of aromatic amines is 1. The lowest BCUT2D eigenvalue weighted by atomic mass is 10.2. The zero-order valence-corrected chi connectivity index (χ0v) is 21.1. The molecule has 1 aliphatic heterocycles. The van der Waals surface area contributed by atoms with E-state index in [9.17, 15) is 9.65 Å². The van der Waals surface area contributed by atoms with Crippen molar-refractivity contribution in [2.75, 3.05) is 50.0 Å². The first-order valence-electron chi connectivity index (χ1n) is 12.0. The van der Waals surface area contributed by atoms with Crippen LogP contribution < -0.4 is 15.0 Å². The van der Waals surface area contributed by atoms with Gasteiger partial charge in [-0.25, -0.2) is 13.8 Å². The van der Waals surface area contributed by atoms with Crippen molar-refractivity contribution in [3.8, 4) is 11.8 Å². The van der Waals surface area contributed by atoms with Crippen molar-refractivity contribution in [1.82, 2.24) is 9.88 Å². The van der Waals surface area contributed by atoms with Crippen LogP contribution in [-0.2, 0) is 0 Å². The summed E-state index contributed by atoms with van der Waals surface area (Å²) in [4.78, 5) is 15.4. The number of ether oxygens (including phenoxy) is 1. The fourth-order valence-corrected chi connectivity index (χ4v) is 4.32. The summed E-state index contributed by atoms with van der Waals surface area (Å²) >= 11 is 0. The third-order valence-electron chi connectivity index (χ3n) is 6.35. The summed E-state index contributed by atoms with van der Waals surface area (Å²) in [5.74, 6) is -2.04. The number of piperazine rings is 1. The van der Waals surface area contributed by atoms with Gasteiger partial charge in [0.2, 0.25) is 5.88 Å². The van der Waals surface area contributed by atoms with E-state index in [4.69, 9.17) is 4.74 Å². The number of benzene rings is 2. The van der Waals surface area contributed by atoms with Gasteiger partial charge in [-0.15, -0.1) is 0 Å². The highest BCUT2D eigenvalue weighted by Crippen LogP contribution is 2.31. The molecule has 8 nitrogen and oxygen atoms in total. The van der Waals surface area contributed by atoms with E-state index >= 15 is 4.39 Å². The summed E-state index contributed by atoms with van der Waals surface area (Å²) in [5.41, 5.74) is 2.32. The second-order valence-electron chi connectivity index (χ2n) is 8.63. The Bertz CT molecular complexity index is 1390. The van der Waals surface area contributed by atoms with Crippen molar-refractivity contribution in [3.05, 3.63) is 65.2 Å². The minimum atomic E-state index is -0.780. The van der Waals surface area contributed by atoms with Crippen molar-refractivity contribution in [3.63, 3.8) is 0 Å². The lowest BCUT2D eigenvalue weighted by Gasteiger charge is -2.35. The number of nitrogens with one attached hydrogen (secondary N) is 2. The molecule has 0 amide bonds. The molecule has 10 heteroatoms. The van der Waals surface area contributed by atoms with Crippen molar-refractivity contribution in [2.45, 2.75) is 13.8 Å². The quantitative estimate of drug-likeness (QED) is 0.207. The summed E-state index contributed by atoms with van der Waals surface area (Å²) in [5, 5.41) is 13.0. The minimum absolute atomic E-state index is 0.0353. The largest absolute Gasteiger partial charge is 0.434 e. The Balaban J connectivity index is 1.56. The number of nitriles is 1. The van der Waals surface area contributed by atoms with Crippen LogP contribution in [0.25, 0.3) is 10.9 Å². The lowest BCUT2D eigenvalue weighted by Crippen LogP contribution is -2.46. The highest BCUT2D eigenvalue weighted by atomic mass is 19.1. The number of hydrogen-bond donors (Lipinski definition) is 2. The molecule has 1 fully saturated rings. The van der Waals surface area contributed by atoms with Crippen molar-refractivity contribution in [1.29, 1.82) is 5.26 Å². The van der Waals surface area contributed by atoms with Gasteiger partial charge in [0.15, 0.2) is 23.0 Å². The molecule has 0 unspecified atom stereocenters. The number of likely N-dealkylation sites (N-methyl/N-ethyl adjacent to an activating group) is 1. The van der Waals surface area contributed by atoms with Crippen LogP contribution in [0.2, 0.25) is 0 Å². The van der Waals surface area contributed by atoms with Gasteiger partial charge in [0, 0.05) is 61.7 Å². The predicted octanol–water partition coefficient (Wildman–Crippen LogP) is 4.85. The van der Waals surface area contributed by atoms with Crippen LogP contribution in [0.4, 0.5) is 20.2 Å². The van der Waals surface area contributed by atoms with Crippen LogP contribution >= 0.6 is 0 Å². The van der Waals surface area contributed by atoms with E-state index in [1.165, 1.54) is 13.1 Å². The van der Waals surface area contributed by atoms with Crippen molar-refractivity contribution >= 4 is 34.8 Å². The second kappa shape index (κ2) is 11.2. The molecule has 0 bridgehead atoms. The van der Waals surface area contributed by atoms with Gasteiger partial charge in [0.25, 0.3) is 0 Å². The Morgan fingerprint density at radius 1 is 1.19 bits per heavy atom. The smallest absolute Gasteiger partial charge is 0.240 e. The van der Waals surface area contributed by atoms with Gasteiger partial charge in [-0.05, 0) is 50.5 Å². The van der Waals surface area contributed by atoms with E-state index in [1.807, 2.05) is 30.3 Å². The molecule has 1 aromatic heterocycles. The van der Waals surface area contributed by atoms with E-state index in [0.29, 0.717) is 11.4 Å². The molecule has 192 valence electrons. The van der Waals surface area contributed by atoms with E-state index in [1.54, 1.807) is 6.92 Å². The maximum Gasteiger partial charge on any atom is 0.240 e. The Morgan fingerprint density at radius 3 is 2.49 bits per heavy atom. The van der Waals surface area contributed by atoms with Crippen LogP contribution in [0.3, 0.4) is 0 Å². The number of nitrogens with zero attached hydrogens (tertiary/aromatic N) is 5. The topological polar surface area (TPSA) is 92.0 Å². The monoisotopic (exact) mass is 505 g/mol. The Morgan fingerprint density at radius 2 is 1.89 bits per heavy atom. The number of aliphatic imine (C=N–C) groups is 2. The normalized spacial score (nSPS) is 15.4. The number of anilines is 2. The number of rotatable bonds is 7. The van der Waals surface area contributed by atoms with E-state index in [-0.39, 0.29) is 28.2 Å². The maximum absolute atomic E-state index is 15.1. The third kappa shape index (κ3) is 5.47. The first kappa shape index (κ1) is 25.9. The van der Waals surface area contributed by atoms with Gasteiger partial charge in [0.05, 0.1) is 5.52 Å². The van der Waals surface area contributed by atoms with Crippen molar-refractivity contribution < 1.29 is 13.5 Å². The van der Waals surface area contributed by atoms with Gasteiger partial charge >= 0.3 is 0 Å². The standard InChI is InChI=1S/C27H29F2N7O/c1-5-35-10-12-36(13-11-35)19-8-6-18(7-9-19)34-26(31-3)21(16-30)27(32-4)37-23-15-22(28)25-20(24(23)29)14-17(2)33-25/h6-9,14-15,33H,4-5,10-13H2,1-3H3,(H,31,34)/b27-21+. The Kier molecular flexibility index (Phi) is 7.84. The summed E-state index contributed by atoms with van der Waals surface area (Å²) in [7, 11) is 1.50. The van der Waals surface area contributed by atoms with Gasteiger partial charge < -0.3 is 24.8 Å². The first-order chi connectivity index (χ1) is 17.9. The number of hydrogen-bond acceptors (Lipinski definition) is 6. The fraction of sp³-hybridized carbons (Fsp3) is 0.296. The first-order valence-corrected chi connectivity index (χ1v) is 12.0. The van der Waals surface area contributed by atoms with Crippen LogP contribution in [0.5, 0.6) is 5.75 Å². The highest BCUT2D eigenvalue weighted by Gasteiger charge is 2.21. The van der Waals surface area contributed by atoms with Crippen LogP contribution in [0.15, 0.2) is 57.8 Å². The van der Waals surface area contributed by atoms with E-state index < -0.39 is 17.4 Å². The maximum atomic E-state index is 15.1. The van der Waals surface area contributed by atoms with Crippen LogP contribution in [0, 0.1) is 29.9 Å². The van der Waals surface area contributed by atoms with Crippen molar-refractivity contribution in [2.24, 2.45) is 9.98 Å². The Hall–Kier alpha value is -4.23. The molecule has 0 radical (unpaired) electrons. The molecule has 0 saturated carbocycles. The summed E-state index contributed by atoms with van der Waals surface area (Å²) in [6.45, 7) is 12.3. The molecule has 3 aromatic rings. The molecule has 0 aliphatic carbocycles. The zero-order chi connectivity index (χ0) is 26.5. The van der Waals surface area contributed by atoms with E-state index in [2.05, 4.69) is 43.7 Å². The van der Waals surface area contributed by atoms with Gasteiger partial charge in [0.1, 0.15) is 11.9 Å². The highest BCUT2D eigenvalue weighted by molar-refractivity contribution is 6.11. The molecule has 2 heterocycles. The summed E-state index contributed by atoms with van der Waals surface area (Å²) in [6, 6.07) is 12.2. The van der Waals surface area contributed by atoms with Crippen LogP contribution in [0.1, 0.15) is 12.6 Å². The molecular weight excluding hydrogens is 476 g/mol. The molecule has 2 aromatic carbocycles. The summed E-state index contributed by atoms with van der Waals surface area (Å²) < 4.78 is 35.2. The number of H-pyrrole nitrogens is 1. The molecule has 2 N–H and O–H groups in total. The lowest BCUT2D eigenvalue weighted by molar-refractivity contribution is 0.271. The number of fused-ring (bicyclic) bond motifs is 1. The average Bonchev–Trinajstić information content (AvgIpc) is 3.33. The molecule has 1 aliphatic rings. The average molecular weight is 506 g/mol. The SMILES string of the molecule is C=N/C(Oc1cc(F)c2[nH]c(C)cc2c1F)=C(C#N)\C(=N/C)Nc1ccc(N2CCN(CC)CC2)cc1. The van der Waals surface area contributed by atoms with Gasteiger partial charge in [-0.1, -0.05) is 6.92 Å². The minimum Gasteiger partial charge on any atom is -0.434 e. The molecule has 4 rings (SSSR count). The van der Waals surface area contributed by atoms with Gasteiger partial charge in [-0.3, -0.25) is 4.99 Å². The molecule has 37 heavy (non-hydrogen) atoms. The molecular formula is C27H29F2N7O. The number of halogens is 2. The molecule has 0 spiro atoms. The second-order valence-corrected chi connectivity index (χ2v) is 8.63. The number of aryl methyl sites for hydroxylation is 1. The fourth-order valence-electron chi connectivity index (χ4n) is 4.32.